The van der Waals surface area contributed by atoms with Crippen LogP contribution >= 0.6 is 11.6 Å². The summed E-state index contributed by atoms with van der Waals surface area (Å²) >= 11 is 6.30. The lowest BCUT2D eigenvalue weighted by Gasteiger charge is -2.12. The SMILES string of the molecule is COc1nccc(C)c1-c1cccc2c(CCCOc3cc(C)c(Cl)c(C)c3)c(C(=O)NS(=O)(=O)c3ccccc3)[nH]c12. The number of pyridine rings is 1. The predicted octanol–water partition coefficient (Wildman–Crippen LogP) is 6.95. The number of aryl methyl sites for hydroxylation is 4. The van der Waals surface area contributed by atoms with E-state index < -0.39 is 15.9 Å². The van der Waals surface area contributed by atoms with E-state index >= 15 is 0 Å². The highest BCUT2D eigenvalue weighted by Crippen LogP contribution is 2.38. The molecule has 0 aliphatic carbocycles. The van der Waals surface area contributed by atoms with E-state index in [-0.39, 0.29) is 10.6 Å². The molecule has 1 amide bonds. The number of benzene rings is 3. The number of para-hydroxylation sites is 1. The first-order valence-corrected chi connectivity index (χ1v) is 15.6. The number of rotatable bonds is 10. The van der Waals surface area contributed by atoms with Crippen LogP contribution in [0, 0.1) is 20.8 Å². The Labute approximate surface area is 256 Å². The summed E-state index contributed by atoms with van der Waals surface area (Å²) in [6.07, 6.45) is 2.69. The topological polar surface area (TPSA) is 110 Å². The van der Waals surface area contributed by atoms with E-state index in [9.17, 15) is 13.2 Å². The van der Waals surface area contributed by atoms with Gasteiger partial charge >= 0.3 is 0 Å². The number of H-pyrrole nitrogens is 1. The minimum absolute atomic E-state index is 0.000581. The van der Waals surface area contributed by atoms with Crippen LogP contribution in [0.1, 0.15) is 39.2 Å². The van der Waals surface area contributed by atoms with Gasteiger partial charge in [-0.2, -0.15) is 0 Å². The van der Waals surface area contributed by atoms with Crippen molar-refractivity contribution in [1.82, 2.24) is 14.7 Å². The highest BCUT2D eigenvalue weighted by atomic mass is 35.5. The van der Waals surface area contributed by atoms with Crippen molar-refractivity contribution in [2.75, 3.05) is 13.7 Å². The third kappa shape index (κ3) is 6.23. The maximum atomic E-state index is 13.6. The van der Waals surface area contributed by atoms with Crippen LogP contribution in [0.25, 0.3) is 22.0 Å². The molecule has 8 nitrogen and oxygen atoms in total. The molecule has 0 saturated carbocycles. The van der Waals surface area contributed by atoms with E-state index in [4.69, 9.17) is 21.1 Å². The van der Waals surface area contributed by atoms with Gasteiger partial charge < -0.3 is 14.5 Å². The average Bonchev–Trinajstić information content (AvgIpc) is 3.37. The van der Waals surface area contributed by atoms with Crippen LogP contribution in [0.2, 0.25) is 5.02 Å². The standard InChI is InChI=1S/C33H32ClN3O5S/c1-20-15-16-35-33(41-4)28(20)27-13-8-12-25-26(14-9-17-42-23-18-21(2)29(34)22(3)19-23)31(36-30(25)27)32(38)37-43(39,40)24-10-6-5-7-11-24/h5-8,10-13,15-16,18-19,36H,9,14,17H2,1-4H3,(H,37,38). The molecule has 0 aliphatic heterocycles. The van der Waals surface area contributed by atoms with Crippen LogP contribution in [0.5, 0.6) is 11.6 Å². The molecule has 5 rings (SSSR count). The van der Waals surface area contributed by atoms with Gasteiger partial charge in [0.1, 0.15) is 11.4 Å². The van der Waals surface area contributed by atoms with Gasteiger partial charge in [0.15, 0.2) is 0 Å². The maximum absolute atomic E-state index is 13.6. The minimum Gasteiger partial charge on any atom is -0.494 e. The maximum Gasteiger partial charge on any atom is 0.281 e. The number of hydrogen-bond donors (Lipinski definition) is 2. The molecule has 0 spiro atoms. The lowest BCUT2D eigenvalue weighted by molar-refractivity contribution is 0.0976. The Morgan fingerprint density at radius 3 is 2.40 bits per heavy atom. The van der Waals surface area contributed by atoms with Crippen LogP contribution in [0.15, 0.2) is 77.8 Å². The molecule has 0 unspecified atom stereocenters. The largest absolute Gasteiger partial charge is 0.494 e. The molecule has 43 heavy (non-hydrogen) atoms. The Bertz CT molecular complexity index is 1900. The molecule has 3 aromatic carbocycles. The number of fused-ring (bicyclic) bond motifs is 1. The normalized spacial score (nSPS) is 11.5. The van der Waals surface area contributed by atoms with Gasteiger partial charge in [-0.15, -0.1) is 0 Å². The molecule has 2 aromatic heterocycles. The van der Waals surface area contributed by atoms with Crippen molar-refractivity contribution in [2.24, 2.45) is 0 Å². The summed E-state index contributed by atoms with van der Waals surface area (Å²) in [5.74, 6) is 0.413. The zero-order valence-corrected chi connectivity index (χ0v) is 25.9. The Balaban J connectivity index is 1.52. The van der Waals surface area contributed by atoms with Crippen LogP contribution in [-0.4, -0.2) is 38.0 Å². The molecular formula is C33H32ClN3O5S. The quantitative estimate of drug-likeness (QED) is 0.164. The first kappa shape index (κ1) is 30.1. The molecule has 0 bridgehead atoms. The fourth-order valence-electron chi connectivity index (χ4n) is 5.21. The third-order valence-electron chi connectivity index (χ3n) is 7.29. The lowest BCUT2D eigenvalue weighted by Crippen LogP contribution is -2.31. The number of nitrogens with one attached hydrogen (secondary N) is 2. The Morgan fingerprint density at radius 1 is 0.977 bits per heavy atom. The Morgan fingerprint density at radius 2 is 1.70 bits per heavy atom. The second-order valence-electron chi connectivity index (χ2n) is 10.3. The van der Waals surface area contributed by atoms with Gasteiger partial charge in [-0.25, -0.2) is 18.1 Å². The predicted molar refractivity (Wildman–Crippen MR) is 169 cm³/mol. The molecule has 0 aliphatic rings. The average molecular weight is 618 g/mol. The smallest absolute Gasteiger partial charge is 0.281 e. The van der Waals surface area contributed by atoms with E-state index in [1.54, 1.807) is 31.5 Å². The van der Waals surface area contributed by atoms with Gasteiger partial charge in [-0.3, -0.25) is 4.79 Å². The van der Waals surface area contributed by atoms with E-state index in [1.807, 2.05) is 57.2 Å². The molecule has 10 heteroatoms. The van der Waals surface area contributed by atoms with Crippen molar-refractivity contribution < 1.29 is 22.7 Å². The molecule has 0 atom stereocenters. The van der Waals surface area contributed by atoms with E-state index in [1.165, 1.54) is 12.1 Å². The van der Waals surface area contributed by atoms with Crippen LogP contribution in [0.4, 0.5) is 0 Å². The fourth-order valence-corrected chi connectivity index (χ4v) is 6.30. The summed E-state index contributed by atoms with van der Waals surface area (Å²) < 4.78 is 39.9. The zero-order valence-electron chi connectivity index (χ0n) is 24.3. The number of aromatic nitrogens is 2. The van der Waals surface area contributed by atoms with Gasteiger partial charge in [0, 0.05) is 27.7 Å². The molecule has 2 N–H and O–H groups in total. The summed E-state index contributed by atoms with van der Waals surface area (Å²) in [5, 5.41) is 1.51. The lowest BCUT2D eigenvalue weighted by atomic mass is 9.98. The number of amides is 1. The first-order chi connectivity index (χ1) is 20.6. The van der Waals surface area contributed by atoms with Crippen molar-refractivity contribution in [3.8, 4) is 22.8 Å². The summed E-state index contributed by atoms with van der Waals surface area (Å²) in [7, 11) is -2.54. The first-order valence-electron chi connectivity index (χ1n) is 13.8. The fraction of sp³-hybridized carbons (Fsp3) is 0.212. The number of carbonyl (C=O) groups excluding carboxylic acids is 1. The number of carbonyl (C=O) groups is 1. The van der Waals surface area contributed by atoms with E-state index in [0.29, 0.717) is 47.2 Å². The van der Waals surface area contributed by atoms with Gasteiger partial charge in [0.2, 0.25) is 5.88 Å². The summed E-state index contributed by atoms with van der Waals surface area (Å²) in [5.41, 5.74) is 5.90. The third-order valence-corrected chi connectivity index (χ3v) is 9.23. The van der Waals surface area contributed by atoms with Gasteiger partial charge in [-0.1, -0.05) is 48.0 Å². The highest BCUT2D eigenvalue weighted by molar-refractivity contribution is 7.90. The van der Waals surface area contributed by atoms with Crippen molar-refractivity contribution in [1.29, 1.82) is 0 Å². The molecule has 0 fully saturated rings. The zero-order chi connectivity index (χ0) is 30.7. The van der Waals surface area contributed by atoms with Gasteiger partial charge in [0.05, 0.1) is 24.1 Å². The molecule has 0 radical (unpaired) electrons. The number of hydrogen-bond acceptors (Lipinski definition) is 6. The van der Waals surface area contributed by atoms with Gasteiger partial charge in [-0.05, 0) is 86.2 Å². The van der Waals surface area contributed by atoms with Crippen LogP contribution in [0.3, 0.4) is 0 Å². The van der Waals surface area contributed by atoms with Crippen LogP contribution < -0.4 is 14.2 Å². The summed E-state index contributed by atoms with van der Waals surface area (Å²) in [6.45, 7) is 6.20. The summed E-state index contributed by atoms with van der Waals surface area (Å²) in [6, 6.07) is 19.2. The number of methoxy groups -OCH3 is 1. The van der Waals surface area contributed by atoms with E-state index in [0.717, 1.165) is 33.2 Å². The molecular weight excluding hydrogens is 586 g/mol. The van der Waals surface area contributed by atoms with Crippen molar-refractivity contribution in [3.63, 3.8) is 0 Å². The number of nitrogens with zero attached hydrogens (tertiary/aromatic N) is 1. The monoisotopic (exact) mass is 617 g/mol. The molecule has 0 saturated heterocycles. The number of ether oxygens (including phenoxy) is 2. The van der Waals surface area contributed by atoms with Crippen LogP contribution in [-0.2, 0) is 16.4 Å². The summed E-state index contributed by atoms with van der Waals surface area (Å²) in [4.78, 5) is 21.2. The van der Waals surface area contributed by atoms with Gasteiger partial charge in [0.25, 0.3) is 15.9 Å². The van der Waals surface area contributed by atoms with Crippen molar-refractivity contribution in [3.05, 3.63) is 106 Å². The minimum atomic E-state index is -4.10. The second kappa shape index (κ2) is 12.5. The van der Waals surface area contributed by atoms with E-state index in [2.05, 4.69) is 14.7 Å². The number of aromatic amines is 1. The molecule has 222 valence electrons. The Kier molecular flexibility index (Phi) is 8.75. The number of halogens is 1. The molecule has 2 heterocycles. The number of sulfonamides is 1. The second-order valence-corrected chi connectivity index (χ2v) is 12.3. The van der Waals surface area contributed by atoms with Crippen molar-refractivity contribution >= 4 is 38.4 Å². The Hall–Kier alpha value is -4.34. The highest BCUT2D eigenvalue weighted by Gasteiger charge is 2.25. The van der Waals surface area contributed by atoms with Crippen molar-refractivity contribution in [2.45, 2.75) is 38.5 Å². The molecule has 5 aromatic rings.